The van der Waals surface area contributed by atoms with E-state index in [1.807, 2.05) is 25.3 Å². The first kappa shape index (κ1) is 24.1. The number of hydrogen-bond donors (Lipinski definition) is 2. The first-order valence-electron chi connectivity index (χ1n) is 12.7. The first-order chi connectivity index (χ1) is 18.5. The molecule has 0 aliphatic carbocycles. The van der Waals surface area contributed by atoms with Crippen LogP contribution in [0.15, 0.2) is 42.9 Å². The largest absolute Gasteiger partial charge is 0.435 e. The Morgan fingerprint density at radius 2 is 1.87 bits per heavy atom. The molecule has 10 nitrogen and oxygen atoms in total. The van der Waals surface area contributed by atoms with Crippen LogP contribution in [0.25, 0.3) is 10.9 Å². The molecule has 5 heterocycles. The fourth-order valence-corrected chi connectivity index (χ4v) is 4.72. The molecule has 2 fully saturated rings. The quantitative estimate of drug-likeness (QED) is 0.398. The molecule has 4 aromatic rings. The molecule has 6 rings (SSSR count). The number of aromatic amines is 1. The van der Waals surface area contributed by atoms with Crippen LogP contribution in [0.1, 0.15) is 22.5 Å². The van der Waals surface area contributed by atoms with Crippen molar-refractivity contribution >= 4 is 34.1 Å². The van der Waals surface area contributed by atoms with E-state index in [1.54, 1.807) is 17.0 Å². The van der Waals surface area contributed by atoms with E-state index in [2.05, 4.69) is 42.1 Å². The van der Waals surface area contributed by atoms with Gasteiger partial charge in [0.15, 0.2) is 17.4 Å². The second kappa shape index (κ2) is 9.90. The molecule has 11 heteroatoms. The first-order valence-corrected chi connectivity index (χ1v) is 12.7. The highest BCUT2D eigenvalue weighted by Crippen LogP contribution is 2.34. The van der Waals surface area contributed by atoms with Gasteiger partial charge in [-0.25, -0.2) is 19.3 Å². The molecule has 0 unspecified atom stereocenters. The number of fused-ring (bicyclic) bond motifs is 1. The van der Waals surface area contributed by atoms with Crippen LogP contribution in [0, 0.1) is 12.7 Å². The monoisotopic (exact) mass is 516 g/mol. The summed E-state index contributed by atoms with van der Waals surface area (Å²) in [5, 5.41) is 3.56. The number of halogens is 1. The van der Waals surface area contributed by atoms with Crippen molar-refractivity contribution in [2.45, 2.75) is 13.3 Å². The highest BCUT2D eigenvalue weighted by atomic mass is 19.1. The number of amides is 1. The summed E-state index contributed by atoms with van der Waals surface area (Å²) in [6.45, 7) is 7.01. The van der Waals surface area contributed by atoms with Crippen molar-refractivity contribution < 1.29 is 13.9 Å². The zero-order valence-corrected chi connectivity index (χ0v) is 21.4. The minimum Gasteiger partial charge on any atom is -0.435 e. The molecule has 2 saturated heterocycles. The third kappa shape index (κ3) is 4.60. The summed E-state index contributed by atoms with van der Waals surface area (Å²) in [4.78, 5) is 35.9. The molecule has 0 radical (unpaired) electrons. The van der Waals surface area contributed by atoms with Gasteiger partial charge in [0.1, 0.15) is 17.7 Å². The molecule has 0 spiro atoms. The van der Waals surface area contributed by atoms with E-state index in [-0.39, 0.29) is 28.9 Å². The molecule has 196 valence electrons. The van der Waals surface area contributed by atoms with E-state index < -0.39 is 5.82 Å². The van der Waals surface area contributed by atoms with Crippen molar-refractivity contribution in [3.05, 3.63) is 59.9 Å². The number of ether oxygens (including phenoxy) is 1. The highest BCUT2D eigenvalue weighted by molar-refractivity contribution is 6.02. The zero-order valence-electron chi connectivity index (χ0n) is 21.4. The normalized spacial score (nSPS) is 16.0. The maximum atomic E-state index is 15.3. The van der Waals surface area contributed by atoms with E-state index in [4.69, 9.17) is 4.74 Å². The molecule has 38 heavy (non-hydrogen) atoms. The van der Waals surface area contributed by atoms with Crippen LogP contribution >= 0.6 is 0 Å². The third-order valence-corrected chi connectivity index (χ3v) is 7.08. The van der Waals surface area contributed by atoms with Gasteiger partial charge in [-0.05, 0) is 50.7 Å². The van der Waals surface area contributed by atoms with Crippen LogP contribution < -0.4 is 15.0 Å². The Hall–Kier alpha value is -4.25. The summed E-state index contributed by atoms with van der Waals surface area (Å²) < 4.78 is 21.2. The van der Waals surface area contributed by atoms with Crippen molar-refractivity contribution in [1.82, 2.24) is 29.7 Å². The lowest BCUT2D eigenvalue weighted by Crippen LogP contribution is -2.44. The van der Waals surface area contributed by atoms with Crippen molar-refractivity contribution in [3.8, 4) is 11.6 Å². The maximum absolute atomic E-state index is 15.3. The summed E-state index contributed by atoms with van der Waals surface area (Å²) in [5.74, 6) is -0.0513. The van der Waals surface area contributed by atoms with Gasteiger partial charge >= 0.3 is 0 Å². The molecular formula is C27H29FN8O2. The number of carbonyl (C=O) groups is 1. The number of nitrogens with zero attached hydrogens (tertiary/aromatic N) is 6. The Kier molecular flexibility index (Phi) is 6.28. The Morgan fingerprint density at radius 1 is 1.05 bits per heavy atom. The van der Waals surface area contributed by atoms with E-state index in [0.717, 1.165) is 44.0 Å². The number of aromatic nitrogens is 4. The third-order valence-electron chi connectivity index (χ3n) is 7.08. The minimum atomic E-state index is -0.525. The van der Waals surface area contributed by atoms with Crippen LogP contribution in [0.5, 0.6) is 11.6 Å². The van der Waals surface area contributed by atoms with Gasteiger partial charge < -0.3 is 29.7 Å². The van der Waals surface area contributed by atoms with Crippen molar-refractivity contribution in [1.29, 1.82) is 0 Å². The van der Waals surface area contributed by atoms with Crippen LogP contribution in [0.3, 0.4) is 0 Å². The van der Waals surface area contributed by atoms with Crippen LogP contribution in [0.2, 0.25) is 0 Å². The number of anilines is 3. The topological polar surface area (TPSA) is 103 Å². The minimum absolute atomic E-state index is 0.0148. The van der Waals surface area contributed by atoms with Gasteiger partial charge in [-0.15, -0.1) is 0 Å². The number of carbonyl (C=O) groups excluding carboxylic acids is 1. The van der Waals surface area contributed by atoms with Crippen LogP contribution in [-0.2, 0) is 0 Å². The number of benzene rings is 1. The van der Waals surface area contributed by atoms with Crippen molar-refractivity contribution in [2.24, 2.45) is 0 Å². The predicted octanol–water partition coefficient (Wildman–Crippen LogP) is 3.93. The van der Waals surface area contributed by atoms with Gasteiger partial charge in [-0.2, -0.15) is 0 Å². The van der Waals surface area contributed by atoms with Crippen molar-refractivity contribution in [2.75, 3.05) is 56.5 Å². The molecule has 0 atom stereocenters. The number of pyridine rings is 1. The van der Waals surface area contributed by atoms with E-state index in [9.17, 15) is 4.79 Å². The van der Waals surface area contributed by atoms with Gasteiger partial charge in [0.2, 0.25) is 5.88 Å². The van der Waals surface area contributed by atoms with Crippen LogP contribution in [-0.4, -0.2) is 82.0 Å². The average Bonchev–Trinajstić information content (AvgIpc) is 3.27. The highest BCUT2D eigenvalue weighted by Gasteiger charge is 2.30. The number of H-pyrrole nitrogens is 1. The standard InChI is InChI=1S/C27H29FN8O2/c1-17-14-19-20(32-17)5-6-21(24(19)28)38-26-23(27(37)36-8-3-9-36)25(30-16-31-26)33-22-7-4-18(15-29-22)35-12-10-34(2)11-13-35/h4-7,14-16,32H,3,8-13H2,1-2H3,(H,29,30,31,33). The average molecular weight is 517 g/mol. The summed E-state index contributed by atoms with van der Waals surface area (Å²) in [5.41, 5.74) is 2.68. The lowest BCUT2D eigenvalue weighted by Gasteiger charge is -2.33. The lowest BCUT2D eigenvalue weighted by molar-refractivity contribution is 0.0649. The summed E-state index contributed by atoms with van der Waals surface area (Å²) in [6, 6.07) is 8.84. The van der Waals surface area contributed by atoms with Gasteiger partial charge in [0, 0.05) is 55.9 Å². The summed E-state index contributed by atoms with van der Waals surface area (Å²) in [6.07, 6.45) is 4.03. The summed E-state index contributed by atoms with van der Waals surface area (Å²) in [7, 11) is 2.12. The van der Waals surface area contributed by atoms with Gasteiger partial charge in [0.25, 0.3) is 5.91 Å². The molecule has 2 aliphatic rings. The smallest absolute Gasteiger partial charge is 0.263 e. The van der Waals surface area contributed by atoms with Gasteiger partial charge in [0.05, 0.1) is 11.9 Å². The van der Waals surface area contributed by atoms with E-state index in [1.165, 1.54) is 12.4 Å². The Bertz CT molecular complexity index is 1480. The molecule has 0 saturated carbocycles. The number of rotatable bonds is 6. The Balaban J connectivity index is 1.30. The molecular weight excluding hydrogens is 487 g/mol. The maximum Gasteiger partial charge on any atom is 0.263 e. The molecule has 1 aromatic carbocycles. The zero-order chi connectivity index (χ0) is 26.2. The van der Waals surface area contributed by atoms with Crippen LogP contribution in [0.4, 0.5) is 21.7 Å². The molecule has 2 aliphatic heterocycles. The second-order valence-electron chi connectivity index (χ2n) is 9.76. The van der Waals surface area contributed by atoms with Gasteiger partial charge in [-0.1, -0.05) is 0 Å². The van der Waals surface area contributed by atoms with E-state index in [0.29, 0.717) is 29.8 Å². The van der Waals surface area contributed by atoms with E-state index >= 15 is 4.39 Å². The number of aryl methyl sites for hydroxylation is 1. The fraction of sp³-hybridized carbons (Fsp3) is 0.333. The predicted molar refractivity (Wildman–Crippen MR) is 143 cm³/mol. The molecule has 2 N–H and O–H groups in total. The number of piperazine rings is 1. The number of likely N-dealkylation sites (N-methyl/N-ethyl adjacent to an activating group) is 1. The molecule has 3 aromatic heterocycles. The molecule has 0 bridgehead atoms. The Morgan fingerprint density at radius 3 is 2.58 bits per heavy atom. The number of likely N-dealkylation sites (tertiary alicyclic amines) is 1. The second-order valence-corrected chi connectivity index (χ2v) is 9.76. The molecule has 1 amide bonds. The Labute approximate surface area is 219 Å². The number of nitrogens with one attached hydrogen (secondary N) is 2. The summed E-state index contributed by atoms with van der Waals surface area (Å²) >= 11 is 0. The fourth-order valence-electron chi connectivity index (χ4n) is 4.72. The number of hydrogen-bond acceptors (Lipinski definition) is 8. The SMILES string of the molecule is Cc1cc2c(F)c(Oc3ncnc(Nc4ccc(N5CCN(C)CC5)cn4)c3C(=O)N3CCC3)ccc2[nH]1. The van der Waals surface area contributed by atoms with Gasteiger partial charge in [-0.3, -0.25) is 4.79 Å². The van der Waals surface area contributed by atoms with Crippen molar-refractivity contribution in [3.63, 3.8) is 0 Å². The lowest BCUT2D eigenvalue weighted by atomic mass is 10.1.